The first-order valence-corrected chi connectivity index (χ1v) is 12.6. The number of rotatable bonds is 5. The van der Waals surface area contributed by atoms with Gasteiger partial charge in [0.2, 0.25) is 0 Å². The molecule has 0 radical (unpaired) electrons. The second-order valence-electron chi connectivity index (χ2n) is 11.2. The summed E-state index contributed by atoms with van der Waals surface area (Å²) in [6.07, 6.45) is 2.52. The van der Waals surface area contributed by atoms with Gasteiger partial charge in [-0.3, -0.25) is 14.4 Å². The van der Waals surface area contributed by atoms with Crippen molar-refractivity contribution in [2.45, 2.75) is 66.2 Å². The molecule has 3 aliphatic rings. The third-order valence-corrected chi connectivity index (χ3v) is 7.62. The number of carbonyl (C=O) groups is 3. The minimum Gasteiger partial charge on any atom is -0.483 e. The van der Waals surface area contributed by atoms with E-state index in [9.17, 15) is 14.4 Å². The molecule has 0 spiro atoms. The van der Waals surface area contributed by atoms with Gasteiger partial charge in [0.05, 0.1) is 4.47 Å². The van der Waals surface area contributed by atoms with Gasteiger partial charge in [-0.15, -0.1) is 0 Å². The number of ketones is 2. The number of hydrogen-bond acceptors (Lipinski definition) is 5. The standard InChI is InChI=1S/C27H33BrN2O4/c1-6-30-17-10-26(2,3)12-19(31)24(17)23(25-18(30)11-27(4,5)13-20(25)32)15-7-8-21(16(28)9-15)34-14-22(29)33/h7-9,23H,6,10-14H2,1-5H3,(H2,29,33). The first kappa shape index (κ1) is 24.7. The lowest BCUT2D eigenvalue weighted by atomic mass is 9.63. The summed E-state index contributed by atoms with van der Waals surface area (Å²) >= 11 is 3.54. The van der Waals surface area contributed by atoms with Crippen molar-refractivity contribution >= 4 is 33.4 Å². The average Bonchev–Trinajstić information content (AvgIpc) is 2.69. The maximum atomic E-state index is 13.6. The average molecular weight is 529 g/mol. The number of nitrogens with zero attached hydrogens (tertiary/aromatic N) is 1. The van der Waals surface area contributed by atoms with Gasteiger partial charge >= 0.3 is 0 Å². The summed E-state index contributed by atoms with van der Waals surface area (Å²) in [6.45, 7) is 11.1. The Morgan fingerprint density at radius 1 is 1.03 bits per heavy atom. The van der Waals surface area contributed by atoms with Gasteiger partial charge in [-0.25, -0.2) is 0 Å². The van der Waals surface area contributed by atoms with E-state index in [2.05, 4.69) is 55.4 Å². The lowest BCUT2D eigenvalue weighted by Gasteiger charge is -2.48. The Morgan fingerprint density at radius 2 is 1.56 bits per heavy atom. The van der Waals surface area contributed by atoms with Crippen LogP contribution in [0, 0.1) is 10.8 Å². The zero-order chi connectivity index (χ0) is 25.0. The highest BCUT2D eigenvalue weighted by atomic mass is 79.9. The van der Waals surface area contributed by atoms with E-state index < -0.39 is 11.8 Å². The summed E-state index contributed by atoms with van der Waals surface area (Å²) < 4.78 is 6.15. The number of nitrogens with two attached hydrogens (primary N) is 1. The Kier molecular flexibility index (Phi) is 6.30. The molecule has 4 rings (SSSR count). The first-order chi connectivity index (χ1) is 15.8. The van der Waals surface area contributed by atoms with Gasteiger partial charge in [0.1, 0.15) is 5.75 Å². The fourth-order valence-corrected chi connectivity index (χ4v) is 6.24. The minimum atomic E-state index is -0.557. The predicted octanol–water partition coefficient (Wildman–Crippen LogP) is 5.02. The van der Waals surface area contributed by atoms with Crippen LogP contribution in [0.5, 0.6) is 5.75 Å². The number of allylic oxidation sites excluding steroid dienone is 4. The topological polar surface area (TPSA) is 89.7 Å². The second-order valence-corrected chi connectivity index (χ2v) is 12.1. The van der Waals surface area contributed by atoms with Crippen LogP contribution < -0.4 is 10.5 Å². The molecule has 0 bridgehead atoms. The zero-order valence-corrected chi connectivity index (χ0v) is 22.2. The summed E-state index contributed by atoms with van der Waals surface area (Å²) in [6, 6.07) is 5.56. The highest BCUT2D eigenvalue weighted by Gasteiger charge is 2.48. The molecule has 1 aliphatic heterocycles. The van der Waals surface area contributed by atoms with E-state index in [0.717, 1.165) is 47.5 Å². The highest BCUT2D eigenvalue weighted by molar-refractivity contribution is 9.10. The number of hydrogen-bond donors (Lipinski definition) is 1. The molecule has 0 aromatic heterocycles. The van der Waals surface area contributed by atoms with Crippen LogP contribution in [0.15, 0.2) is 45.2 Å². The lowest BCUT2D eigenvalue weighted by molar-refractivity contribution is -0.121. The van der Waals surface area contributed by atoms with Crippen molar-refractivity contribution in [3.8, 4) is 5.75 Å². The van der Waals surface area contributed by atoms with E-state index in [-0.39, 0.29) is 29.0 Å². The van der Waals surface area contributed by atoms with Crippen molar-refractivity contribution in [1.29, 1.82) is 0 Å². The summed E-state index contributed by atoms with van der Waals surface area (Å²) in [4.78, 5) is 40.6. The number of primary amides is 1. The van der Waals surface area contributed by atoms with Gasteiger partial charge in [-0.05, 0) is 64.2 Å². The molecule has 1 heterocycles. The molecule has 2 N–H and O–H groups in total. The van der Waals surface area contributed by atoms with Crippen molar-refractivity contribution in [2.24, 2.45) is 16.6 Å². The lowest BCUT2D eigenvalue weighted by Crippen LogP contribution is -2.44. The number of carbonyl (C=O) groups excluding carboxylic acids is 3. The van der Waals surface area contributed by atoms with Crippen LogP contribution in [0.25, 0.3) is 0 Å². The van der Waals surface area contributed by atoms with E-state index in [1.165, 1.54) is 0 Å². The Balaban J connectivity index is 1.90. The van der Waals surface area contributed by atoms with Crippen LogP contribution in [-0.2, 0) is 14.4 Å². The summed E-state index contributed by atoms with van der Waals surface area (Å²) in [7, 11) is 0. The molecule has 0 atom stereocenters. The van der Waals surface area contributed by atoms with Crippen molar-refractivity contribution < 1.29 is 19.1 Å². The van der Waals surface area contributed by atoms with E-state index >= 15 is 0 Å². The van der Waals surface area contributed by atoms with Crippen LogP contribution in [0.2, 0.25) is 0 Å². The number of ether oxygens (including phenoxy) is 1. The predicted molar refractivity (Wildman–Crippen MR) is 134 cm³/mol. The maximum absolute atomic E-state index is 13.6. The van der Waals surface area contributed by atoms with E-state index in [1.54, 1.807) is 6.07 Å². The van der Waals surface area contributed by atoms with Crippen LogP contribution in [-0.4, -0.2) is 35.5 Å². The SMILES string of the molecule is CCN1C2=C(C(=O)CC(C)(C)C2)C(c2ccc(OCC(N)=O)c(Br)c2)C2=C1CC(C)(C)CC2=O. The fraction of sp³-hybridized carbons (Fsp3) is 0.519. The summed E-state index contributed by atoms with van der Waals surface area (Å²) in [5.41, 5.74) is 9.45. The number of benzene rings is 1. The molecular weight excluding hydrogens is 496 g/mol. The summed E-state index contributed by atoms with van der Waals surface area (Å²) in [5, 5.41) is 0. The summed E-state index contributed by atoms with van der Waals surface area (Å²) in [5.74, 6) is -0.239. The van der Waals surface area contributed by atoms with E-state index in [4.69, 9.17) is 10.5 Å². The van der Waals surface area contributed by atoms with Gasteiger partial charge in [0.15, 0.2) is 18.2 Å². The van der Waals surface area contributed by atoms with Gasteiger partial charge in [-0.2, -0.15) is 0 Å². The van der Waals surface area contributed by atoms with Crippen LogP contribution >= 0.6 is 15.9 Å². The zero-order valence-electron chi connectivity index (χ0n) is 20.6. The van der Waals surface area contributed by atoms with Crippen LogP contribution in [0.4, 0.5) is 0 Å². The molecule has 34 heavy (non-hydrogen) atoms. The molecule has 182 valence electrons. The third-order valence-electron chi connectivity index (χ3n) is 7.00. The molecular formula is C27H33BrN2O4. The molecule has 6 nitrogen and oxygen atoms in total. The first-order valence-electron chi connectivity index (χ1n) is 11.8. The Labute approximate surface area is 209 Å². The van der Waals surface area contributed by atoms with E-state index in [1.807, 2.05) is 12.1 Å². The molecule has 0 saturated heterocycles. The Bertz CT molecular complexity index is 1090. The van der Waals surface area contributed by atoms with Gasteiger partial charge in [0.25, 0.3) is 5.91 Å². The number of amides is 1. The van der Waals surface area contributed by atoms with Gasteiger partial charge in [-0.1, -0.05) is 33.8 Å². The Hall–Kier alpha value is -2.41. The molecule has 0 unspecified atom stereocenters. The smallest absolute Gasteiger partial charge is 0.255 e. The maximum Gasteiger partial charge on any atom is 0.255 e. The van der Waals surface area contributed by atoms with Crippen molar-refractivity contribution in [3.05, 3.63) is 50.8 Å². The molecule has 0 saturated carbocycles. The number of Topliss-reactive ketones (excluding diaryl/α,β-unsaturated/α-hetero) is 2. The van der Waals surface area contributed by atoms with Crippen molar-refractivity contribution in [3.63, 3.8) is 0 Å². The van der Waals surface area contributed by atoms with Gasteiger partial charge < -0.3 is 15.4 Å². The second kappa shape index (κ2) is 8.67. The normalized spacial score (nSPS) is 22.0. The van der Waals surface area contributed by atoms with Crippen molar-refractivity contribution in [2.75, 3.05) is 13.2 Å². The molecule has 1 aromatic rings. The third kappa shape index (κ3) is 4.47. The minimum absolute atomic E-state index is 0.115. The fourth-order valence-electron chi connectivity index (χ4n) is 5.73. The van der Waals surface area contributed by atoms with Crippen molar-refractivity contribution in [1.82, 2.24) is 4.90 Å². The quantitative estimate of drug-likeness (QED) is 0.579. The molecule has 2 aliphatic carbocycles. The number of halogens is 1. The molecule has 1 aromatic carbocycles. The molecule has 1 amide bonds. The van der Waals surface area contributed by atoms with Gasteiger partial charge in [0, 0.05) is 47.8 Å². The highest BCUT2D eigenvalue weighted by Crippen LogP contribution is 2.54. The van der Waals surface area contributed by atoms with Crippen LogP contribution in [0.3, 0.4) is 0 Å². The molecule has 0 fully saturated rings. The largest absolute Gasteiger partial charge is 0.483 e. The molecule has 7 heteroatoms. The Morgan fingerprint density at radius 3 is 2.00 bits per heavy atom. The van der Waals surface area contributed by atoms with Crippen LogP contribution in [0.1, 0.15) is 71.8 Å². The monoisotopic (exact) mass is 528 g/mol. The van der Waals surface area contributed by atoms with E-state index in [0.29, 0.717) is 23.1 Å².